The summed E-state index contributed by atoms with van der Waals surface area (Å²) in [6.07, 6.45) is 0.404. The Labute approximate surface area is 166 Å². The van der Waals surface area contributed by atoms with Gasteiger partial charge in [0.15, 0.2) is 5.78 Å². The lowest BCUT2D eigenvalue weighted by atomic mass is 9.83. The van der Waals surface area contributed by atoms with Crippen LogP contribution in [0.25, 0.3) is 5.57 Å². The second-order valence-corrected chi connectivity index (χ2v) is 7.84. The molecule has 29 heavy (non-hydrogen) atoms. The number of likely N-dealkylation sites (tertiary alicyclic amines) is 1. The first kappa shape index (κ1) is 21.5. The molecule has 3 rings (SSSR count). The lowest BCUT2D eigenvalue weighted by Gasteiger charge is -2.37. The number of Topliss-reactive ketones (excluding diaryl/α,β-unsaturated/α-hetero) is 1. The molecule has 2 unspecified atom stereocenters. The van der Waals surface area contributed by atoms with Crippen molar-refractivity contribution in [1.82, 2.24) is 15.1 Å². The maximum Gasteiger partial charge on any atom is 0.470 e. The molecular formula is C19H25F3N4O3. The number of amides is 1. The Morgan fingerprint density at radius 3 is 2.38 bits per heavy atom. The fourth-order valence-electron chi connectivity index (χ4n) is 4.02. The predicted octanol–water partition coefficient (Wildman–Crippen LogP) is 2.82. The van der Waals surface area contributed by atoms with Gasteiger partial charge in [-0.1, -0.05) is 19.4 Å². The van der Waals surface area contributed by atoms with E-state index in [9.17, 15) is 22.8 Å². The molecule has 0 spiro atoms. The Morgan fingerprint density at radius 2 is 1.79 bits per heavy atom. The highest BCUT2D eigenvalue weighted by Crippen LogP contribution is 2.31. The second-order valence-electron chi connectivity index (χ2n) is 7.84. The summed E-state index contributed by atoms with van der Waals surface area (Å²) in [6, 6.07) is -0.0881. The number of allylic oxidation sites excluding steroid dienone is 1. The number of carbonyl (C=O) groups is 2. The number of hydrogen-bond acceptors (Lipinski definition) is 6. The zero-order valence-corrected chi connectivity index (χ0v) is 16.1. The fourth-order valence-corrected chi connectivity index (χ4v) is 4.02. The molecule has 2 N–H and O–H groups in total. The molecule has 1 aromatic rings. The molecular weight excluding hydrogens is 389 g/mol. The van der Waals surface area contributed by atoms with Gasteiger partial charge in [0.25, 0.3) is 5.89 Å². The van der Waals surface area contributed by atoms with Crippen molar-refractivity contribution in [2.75, 3.05) is 13.1 Å². The highest BCUT2D eigenvalue weighted by Gasteiger charge is 2.39. The average Bonchev–Trinajstić information content (AvgIpc) is 3.18. The number of ketones is 1. The van der Waals surface area contributed by atoms with Crippen molar-refractivity contribution in [1.29, 1.82) is 0 Å². The lowest BCUT2D eigenvalue weighted by Crippen LogP contribution is -2.48. The number of hydrogen-bond donors (Lipinski definition) is 1. The van der Waals surface area contributed by atoms with Crippen LogP contribution >= 0.6 is 0 Å². The number of rotatable bonds is 5. The predicted molar refractivity (Wildman–Crippen MR) is 97.2 cm³/mol. The van der Waals surface area contributed by atoms with Gasteiger partial charge in [-0.3, -0.25) is 9.59 Å². The Hall–Kier alpha value is -2.23. The van der Waals surface area contributed by atoms with Gasteiger partial charge in [-0.25, -0.2) is 0 Å². The van der Waals surface area contributed by atoms with Crippen LogP contribution in [0.1, 0.15) is 56.7 Å². The Kier molecular flexibility index (Phi) is 6.40. The van der Waals surface area contributed by atoms with Crippen LogP contribution in [0, 0.1) is 11.8 Å². The average molecular weight is 414 g/mol. The van der Waals surface area contributed by atoms with E-state index in [-0.39, 0.29) is 35.8 Å². The molecule has 160 valence electrons. The SMILES string of the molecule is C=C(C(=O)CC1CCN(C(=O)C2CCCCC2N)CC1)c1nnc(C(F)(F)F)o1. The van der Waals surface area contributed by atoms with Crippen LogP contribution in [-0.2, 0) is 15.8 Å². The normalized spacial score (nSPS) is 23.8. The summed E-state index contributed by atoms with van der Waals surface area (Å²) >= 11 is 0. The van der Waals surface area contributed by atoms with Crippen LogP contribution in [0.2, 0.25) is 0 Å². The number of alkyl halides is 3. The van der Waals surface area contributed by atoms with Crippen LogP contribution < -0.4 is 5.73 Å². The summed E-state index contributed by atoms with van der Waals surface area (Å²) in [5, 5.41) is 6.18. The zero-order chi connectivity index (χ0) is 21.2. The number of nitrogens with zero attached hydrogens (tertiary/aromatic N) is 3. The summed E-state index contributed by atoms with van der Waals surface area (Å²) < 4.78 is 42.2. The van der Waals surface area contributed by atoms with E-state index < -0.39 is 23.7 Å². The largest absolute Gasteiger partial charge is 0.470 e. The van der Waals surface area contributed by atoms with Crippen molar-refractivity contribution in [3.63, 3.8) is 0 Å². The Bertz CT molecular complexity index is 769. The minimum absolute atomic E-state index is 0.0216. The van der Waals surface area contributed by atoms with Crippen molar-refractivity contribution in [3.05, 3.63) is 18.4 Å². The van der Waals surface area contributed by atoms with E-state index in [1.54, 1.807) is 0 Å². The molecule has 1 saturated heterocycles. The van der Waals surface area contributed by atoms with Crippen molar-refractivity contribution in [2.45, 2.75) is 57.2 Å². The number of piperidine rings is 1. The van der Waals surface area contributed by atoms with Crippen molar-refractivity contribution in [2.24, 2.45) is 17.6 Å². The molecule has 0 aromatic carbocycles. The third kappa shape index (κ3) is 5.04. The van der Waals surface area contributed by atoms with E-state index in [1.807, 2.05) is 4.90 Å². The lowest BCUT2D eigenvalue weighted by molar-refractivity contribution is -0.157. The first-order valence-corrected chi connectivity index (χ1v) is 9.84. The minimum atomic E-state index is -4.77. The smallest absolute Gasteiger partial charge is 0.413 e. The van der Waals surface area contributed by atoms with Crippen LogP contribution in [-0.4, -0.2) is 45.9 Å². The molecule has 0 bridgehead atoms. The standard InChI is InChI=1S/C19H25F3N4O3/c1-11(16-24-25-18(29-16)19(20,21)22)15(27)10-12-6-8-26(9-7-12)17(28)13-4-2-3-5-14(13)23/h12-14H,1-10,23H2. The number of nitrogens with two attached hydrogens (primary N) is 1. The molecule has 2 atom stereocenters. The molecule has 2 heterocycles. The van der Waals surface area contributed by atoms with Gasteiger partial charge in [0, 0.05) is 25.6 Å². The zero-order valence-electron chi connectivity index (χ0n) is 16.1. The molecule has 1 amide bonds. The third-order valence-corrected chi connectivity index (χ3v) is 5.80. The minimum Gasteiger partial charge on any atom is -0.413 e. The summed E-state index contributed by atoms with van der Waals surface area (Å²) in [4.78, 5) is 26.9. The fraction of sp³-hybridized carbons (Fsp3) is 0.684. The van der Waals surface area contributed by atoms with E-state index in [0.717, 1.165) is 25.7 Å². The van der Waals surface area contributed by atoms with Crippen LogP contribution in [0.3, 0.4) is 0 Å². The first-order chi connectivity index (χ1) is 13.7. The van der Waals surface area contributed by atoms with Gasteiger partial charge in [0.1, 0.15) is 0 Å². The molecule has 1 aliphatic heterocycles. The van der Waals surface area contributed by atoms with Gasteiger partial charge in [-0.05, 0) is 31.6 Å². The second kappa shape index (κ2) is 8.64. The molecule has 1 saturated carbocycles. The Morgan fingerprint density at radius 1 is 1.14 bits per heavy atom. The van der Waals surface area contributed by atoms with Crippen LogP contribution in [0.4, 0.5) is 13.2 Å². The third-order valence-electron chi connectivity index (χ3n) is 5.80. The number of carbonyl (C=O) groups excluding carboxylic acids is 2. The van der Waals surface area contributed by atoms with Gasteiger partial charge in [-0.2, -0.15) is 13.2 Å². The van der Waals surface area contributed by atoms with Gasteiger partial charge >= 0.3 is 12.1 Å². The van der Waals surface area contributed by atoms with Gasteiger partial charge in [0.2, 0.25) is 5.91 Å². The quantitative estimate of drug-likeness (QED) is 0.744. The van der Waals surface area contributed by atoms with E-state index in [0.29, 0.717) is 25.9 Å². The van der Waals surface area contributed by atoms with Gasteiger partial charge < -0.3 is 15.1 Å². The van der Waals surface area contributed by atoms with Crippen molar-refractivity contribution < 1.29 is 27.2 Å². The summed E-state index contributed by atoms with van der Waals surface area (Å²) in [7, 11) is 0. The molecule has 2 fully saturated rings. The summed E-state index contributed by atoms with van der Waals surface area (Å²) in [5.41, 5.74) is 5.88. The van der Waals surface area contributed by atoms with E-state index in [1.165, 1.54) is 0 Å². The molecule has 10 heteroatoms. The van der Waals surface area contributed by atoms with E-state index in [4.69, 9.17) is 5.73 Å². The van der Waals surface area contributed by atoms with Gasteiger partial charge in [-0.15, -0.1) is 10.2 Å². The summed E-state index contributed by atoms with van der Waals surface area (Å²) in [5.74, 6) is -2.45. The highest BCUT2D eigenvalue weighted by molar-refractivity contribution is 6.18. The monoisotopic (exact) mass is 414 g/mol. The van der Waals surface area contributed by atoms with E-state index in [2.05, 4.69) is 21.2 Å². The highest BCUT2D eigenvalue weighted by atomic mass is 19.4. The Balaban J connectivity index is 1.50. The van der Waals surface area contributed by atoms with E-state index >= 15 is 0 Å². The topological polar surface area (TPSA) is 102 Å². The summed E-state index contributed by atoms with van der Waals surface area (Å²) in [6.45, 7) is 4.60. The molecule has 2 aliphatic rings. The number of aromatic nitrogens is 2. The number of halogens is 3. The molecule has 0 radical (unpaired) electrons. The van der Waals surface area contributed by atoms with Crippen molar-refractivity contribution >= 4 is 17.3 Å². The van der Waals surface area contributed by atoms with Crippen LogP contribution in [0.5, 0.6) is 0 Å². The van der Waals surface area contributed by atoms with Crippen molar-refractivity contribution in [3.8, 4) is 0 Å². The molecule has 1 aliphatic carbocycles. The molecule has 7 nitrogen and oxygen atoms in total. The van der Waals surface area contributed by atoms with Crippen LogP contribution in [0.15, 0.2) is 11.0 Å². The first-order valence-electron chi connectivity index (χ1n) is 9.84. The maximum atomic E-state index is 12.7. The van der Waals surface area contributed by atoms with Gasteiger partial charge in [0.05, 0.1) is 11.5 Å². The molecule has 1 aromatic heterocycles. The maximum absolute atomic E-state index is 12.7.